The van der Waals surface area contributed by atoms with Crippen LogP contribution in [0.15, 0.2) is 24.5 Å². The van der Waals surface area contributed by atoms with Crippen molar-refractivity contribution >= 4 is 16.8 Å². The molecule has 6 heteroatoms. The Morgan fingerprint density at radius 3 is 2.46 bits per heavy atom. The Balaban J connectivity index is 0.000000307. The summed E-state index contributed by atoms with van der Waals surface area (Å²) in [7, 11) is 0. The van der Waals surface area contributed by atoms with E-state index in [1.54, 1.807) is 6.20 Å². The maximum absolute atomic E-state index is 9.12. The van der Waals surface area contributed by atoms with Gasteiger partial charge in [0.1, 0.15) is 5.17 Å². The van der Waals surface area contributed by atoms with Crippen molar-refractivity contribution in [3.8, 4) is 0 Å². The van der Waals surface area contributed by atoms with E-state index in [4.69, 9.17) is 27.2 Å². The molecule has 2 atom stereocenters. The summed E-state index contributed by atoms with van der Waals surface area (Å²) in [6.45, 7) is 6.98. The molecular formula is C22H38ClN3O2. The first-order valence-electron chi connectivity index (χ1n) is 10.7. The average molecular weight is 412 g/mol. The lowest BCUT2D eigenvalue weighted by Gasteiger charge is -2.32. The molecule has 1 aliphatic heterocycles. The van der Waals surface area contributed by atoms with Gasteiger partial charge in [-0.2, -0.15) is 0 Å². The SMILES string of the molecule is CCCCC(CCC)(C(=N)Cl)c1cccnc1.OCC(O)CN1CCCCC1. The van der Waals surface area contributed by atoms with Crippen LogP contribution in [0.4, 0.5) is 0 Å². The van der Waals surface area contributed by atoms with Gasteiger partial charge in [-0.3, -0.25) is 10.4 Å². The summed E-state index contributed by atoms with van der Waals surface area (Å²) in [5, 5.41) is 25.9. The highest BCUT2D eigenvalue weighted by Crippen LogP contribution is 2.37. The Morgan fingerprint density at radius 2 is 1.96 bits per heavy atom. The fourth-order valence-electron chi connectivity index (χ4n) is 3.81. The number of halogens is 1. The first-order chi connectivity index (χ1) is 13.5. The van der Waals surface area contributed by atoms with Crippen molar-refractivity contribution in [2.24, 2.45) is 0 Å². The van der Waals surface area contributed by atoms with Crippen molar-refractivity contribution in [1.82, 2.24) is 9.88 Å². The van der Waals surface area contributed by atoms with E-state index in [1.165, 1.54) is 19.3 Å². The van der Waals surface area contributed by atoms with Gasteiger partial charge >= 0.3 is 0 Å². The number of unbranched alkanes of at least 4 members (excludes halogenated alkanes) is 1. The zero-order valence-corrected chi connectivity index (χ0v) is 18.3. The first-order valence-corrected chi connectivity index (χ1v) is 11.0. The second kappa shape index (κ2) is 14.0. The van der Waals surface area contributed by atoms with Gasteiger partial charge in [-0.25, -0.2) is 0 Å². The van der Waals surface area contributed by atoms with Crippen LogP contribution in [0.5, 0.6) is 0 Å². The molecule has 0 aromatic carbocycles. The molecule has 3 N–H and O–H groups in total. The van der Waals surface area contributed by atoms with Crippen LogP contribution < -0.4 is 0 Å². The molecule has 5 nitrogen and oxygen atoms in total. The monoisotopic (exact) mass is 411 g/mol. The predicted octanol–water partition coefficient (Wildman–Crippen LogP) is 4.35. The Hall–Kier alpha value is -1.01. The zero-order valence-electron chi connectivity index (χ0n) is 17.5. The number of pyridine rings is 1. The number of likely N-dealkylation sites (tertiary alicyclic amines) is 1. The minimum atomic E-state index is -0.548. The van der Waals surface area contributed by atoms with Crippen molar-refractivity contribution in [3.63, 3.8) is 0 Å². The van der Waals surface area contributed by atoms with Gasteiger partial charge in [0.05, 0.1) is 12.7 Å². The maximum atomic E-state index is 9.12. The standard InChI is InChI=1S/C14H21ClN2.C8H17NO2/c1-3-5-9-14(8-4-2,13(15)16)12-7-6-10-17-11-12;10-7-8(11)6-9-4-2-1-3-5-9/h6-7,10-11,16H,3-5,8-9H2,1-2H3;8,10-11H,1-7H2. The van der Waals surface area contributed by atoms with E-state index in [0.29, 0.717) is 6.54 Å². The lowest BCUT2D eigenvalue weighted by Crippen LogP contribution is -2.37. The number of hydrogen-bond acceptors (Lipinski definition) is 5. The minimum absolute atomic E-state index is 0.115. The summed E-state index contributed by atoms with van der Waals surface area (Å²) in [6.07, 6.45) is 11.9. The van der Waals surface area contributed by atoms with Crippen molar-refractivity contribution in [3.05, 3.63) is 30.1 Å². The van der Waals surface area contributed by atoms with E-state index in [9.17, 15) is 0 Å². The summed E-state index contributed by atoms with van der Waals surface area (Å²) in [4.78, 5) is 6.38. The van der Waals surface area contributed by atoms with Gasteiger partial charge in [0.25, 0.3) is 0 Å². The van der Waals surface area contributed by atoms with Crippen LogP contribution in [-0.2, 0) is 5.41 Å². The molecule has 0 radical (unpaired) electrons. The summed E-state index contributed by atoms with van der Waals surface area (Å²) in [5.41, 5.74) is 0.760. The number of nitrogens with zero attached hydrogens (tertiary/aromatic N) is 2. The molecule has 2 heterocycles. The Labute approximate surface area is 175 Å². The topological polar surface area (TPSA) is 80.4 Å². The number of rotatable bonds is 10. The smallest absolute Gasteiger partial charge is 0.108 e. The fourth-order valence-corrected chi connectivity index (χ4v) is 4.11. The molecular weight excluding hydrogens is 374 g/mol. The molecule has 28 heavy (non-hydrogen) atoms. The third-order valence-electron chi connectivity index (χ3n) is 5.40. The normalized spacial score (nSPS) is 17.9. The van der Waals surface area contributed by atoms with Crippen LogP contribution in [0.2, 0.25) is 0 Å². The van der Waals surface area contributed by atoms with E-state index in [-0.39, 0.29) is 17.2 Å². The first kappa shape index (κ1) is 25.0. The number of β-amino-alcohol motifs (C(OH)–C–C–N with tert-alkyl or cyclic N) is 1. The van der Waals surface area contributed by atoms with Gasteiger partial charge in [0, 0.05) is 24.4 Å². The number of hydrogen-bond donors (Lipinski definition) is 3. The highest BCUT2D eigenvalue weighted by molar-refractivity contribution is 6.66. The van der Waals surface area contributed by atoms with Gasteiger partial charge in [-0.05, 0) is 50.4 Å². The molecule has 0 aliphatic carbocycles. The van der Waals surface area contributed by atoms with Crippen LogP contribution in [0.1, 0.15) is 70.8 Å². The molecule has 0 saturated carbocycles. The van der Waals surface area contributed by atoms with Gasteiger partial charge in [-0.15, -0.1) is 0 Å². The molecule has 0 bridgehead atoms. The molecule has 1 aliphatic rings. The second-order valence-electron chi connectivity index (χ2n) is 7.69. The second-order valence-corrected chi connectivity index (χ2v) is 8.07. The molecule has 1 aromatic rings. The van der Waals surface area contributed by atoms with Crippen LogP contribution in [0.25, 0.3) is 0 Å². The van der Waals surface area contributed by atoms with Gasteiger partial charge in [0.15, 0.2) is 0 Å². The van der Waals surface area contributed by atoms with Crippen molar-refractivity contribution in [1.29, 1.82) is 5.41 Å². The predicted molar refractivity (Wildman–Crippen MR) is 117 cm³/mol. The third-order valence-corrected chi connectivity index (χ3v) is 5.76. The van der Waals surface area contributed by atoms with E-state index in [2.05, 4.69) is 23.7 Å². The van der Waals surface area contributed by atoms with Crippen LogP contribution in [0, 0.1) is 5.41 Å². The molecule has 1 saturated heterocycles. The molecule has 2 rings (SSSR count). The fraction of sp³-hybridized carbons (Fsp3) is 0.727. The largest absolute Gasteiger partial charge is 0.394 e. The van der Waals surface area contributed by atoms with E-state index >= 15 is 0 Å². The molecule has 0 amide bonds. The summed E-state index contributed by atoms with van der Waals surface area (Å²) in [6, 6.07) is 3.96. The van der Waals surface area contributed by atoms with Crippen LogP contribution in [-0.4, -0.2) is 57.6 Å². The van der Waals surface area contributed by atoms with E-state index < -0.39 is 6.10 Å². The van der Waals surface area contributed by atoms with E-state index in [0.717, 1.165) is 50.8 Å². The summed E-state index contributed by atoms with van der Waals surface area (Å²) < 4.78 is 0. The zero-order chi connectivity index (χ0) is 20.8. The minimum Gasteiger partial charge on any atom is -0.394 e. The van der Waals surface area contributed by atoms with Crippen LogP contribution >= 0.6 is 11.6 Å². The Bertz CT molecular complexity index is 538. The lowest BCUT2D eigenvalue weighted by molar-refractivity contribution is 0.0533. The highest BCUT2D eigenvalue weighted by Gasteiger charge is 2.34. The number of aliphatic hydroxyl groups is 2. The number of piperidine rings is 1. The average Bonchev–Trinajstić information content (AvgIpc) is 2.72. The van der Waals surface area contributed by atoms with Crippen molar-refractivity contribution < 1.29 is 10.2 Å². The summed E-state index contributed by atoms with van der Waals surface area (Å²) in [5.74, 6) is 0. The number of aliphatic hydroxyl groups excluding tert-OH is 2. The van der Waals surface area contributed by atoms with Gasteiger partial charge in [0.2, 0.25) is 0 Å². The number of aromatic nitrogens is 1. The highest BCUT2D eigenvalue weighted by atomic mass is 35.5. The molecule has 160 valence electrons. The Morgan fingerprint density at radius 1 is 1.25 bits per heavy atom. The molecule has 2 unspecified atom stereocenters. The third kappa shape index (κ3) is 8.16. The maximum Gasteiger partial charge on any atom is 0.108 e. The molecule has 0 spiro atoms. The quantitative estimate of drug-likeness (QED) is 0.500. The molecule has 1 fully saturated rings. The van der Waals surface area contributed by atoms with Crippen molar-refractivity contribution in [2.45, 2.75) is 76.7 Å². The lowest BCUT2D eigenvalue weighted by atomic mass is 9.74. The summed E-state index contributed by atoms with van der Waals surface area (Å²) >= 11 is 6.11. The van der Waals surface area contributed by atoms with Gasteiger partial charge in [-0.1, -0.05) is 57.2 Å². The Kier molecular flexibility index (Phi) is 12.6. The van der Waals surface area contributed by atoms with Crippen LogP contribution in [0.3, 0.4) is 0 Å². The van der Waals surface area contributed by atoms with E-state index in [1.807, 2.05) is 18.3 Å². The van der Waals surface area contributed by atoms with Gasteiger partial charge < -0.3 is 15.1 Å². The van der Waals surface area contributed by atoms with Crippen molar-refractivity contribution in [2.75, 3.05) is 26.2 Å². The molecule has 1 aromatic heterocycles. The number of nitrogens with one attached hydrogen (secondary N) is 1.